The molecule has 0 saturated heterocycles. The molecule has 0 aromatic heterocycles. The third-order valence-electron chi connectivity index (χ3n) is 2.95. The maximum absolute atomic E-state index is 5.14. The van der Waals surface area contributed by atoms with Gasteiger partial charge in [-0.2, -0.15) is 0 Å². The van der Waals surface area contributed by atoms with E-state index in [1.807, 2.05) is 7.05 Å². The minimum atomic E-state index is 0.543. The van der Waals surface area contributed by atoms with E-state index in [2.05, 4.69) is 23.5 Å². The first-order valence-electron chi connectivity index (χ1n) is 5.13. The van der Waals surface area contributed by atoms with Crippen molar-refractivity contribution in [2.24, 2.45) is 0 Å². The summed E-state index contributed by atoms with van der Waals surface area (Å²) in [4.78, 5) is 0. The number of methoxy groups -OCH3 is 1. The number of hydrogen-bond acceptors (Lipinski definition) is 2. The molecule has 1 aromatic rings. The lowest BCUT2D eigenvalue weighted by Crippen LogP contribution is -2.12. The molecule has 2 heteroatoms. The molecule has 1 unspecified atom stereocenters. The van der Waals surface area contributed by atoms with Crippen LogP contribution in [0.2, 0.25) is 0 Å². The molecule has 0 spiro atoms. The zero-order valence-electron chi connectivity index (χ0n) is 8.84. The van der Waals surface area contributed by atoms with Gasteiger partial charge in [0.05, 0.1) is 6.61 Å². The van der Waals surface area contributed by atoms with Crippen molar-refractivity contribution in [3.63, 3.8) is 0 Å². The van der Waals surface area contributed by atoms with Gasteiger partial charge in [0.2, 0.25) is 0 Å². The van der Waals surface area contributed by atoms with E-state index in [0.29, 0.717) is 12.6 Å². The minimum Gasteiger partial charge on any atom is -0.380 e. The quantitative estimate of drug-likeness (QED) is 0.789. The summed E-state index contributed by atoms with van der Waals surface area (Å²) in [6.07, 6.45) is 2.43. The van der Waals surface area contributed by atoms with Gasteiger partial charge in [0.25, 0.3) is 0 Å². The second-order valence-electron chi connectivity index (χ2n) is 3.85. The first-order valence-corrected chi connectivity index (χ1v) is 5.13. The van der Waals surface area contributed by atoms with Crippen molar-refractivity contribution in [1.82, 2.24) is 5.32 Å². The van der Waals surface area contributed by atoms with Crippen LogP contribution in [0, 0.1) is 0 Å². The Labute approximate surface area is 85.3 Å². The maximum Gasteiger partial charge on any atom is 0.0713 e. The van der Waals surface area contributed by atoms with Crippen LogP contribution in [0.4, 0.5) is 0 Å². The van der Waals surface area contributed by atoms with Crippen molar-refractivity contribution in [2.45, 2.75) is 25.5 Å². The summed E-state index contributed by atoms with van der Waals surface area (Å²) in [5.74, 6) is 0. The van der Waals surface area contributed by atoms with Gasteiger partial charge in [0, 0.05) is 13.2 Å². The van der Waals surface area contributed by atoms with E-state index < -0.39 is 0 Å². The van der Waals surface area contributed by atoms with Crippen molar-refractivity contribution >= 4 is 0 Å². The van der Waals surface area contributed by atoms with Gasteiger partial charge in [-0.25, -0.2) is 0 Å². The lowest BCUT2D eigenvalue weighted by molar-refractivity contribution is 0.185. The zero-order chi connectivity index (χ0) is 9.97. The van der Waals surface area contributed by atoms with Gasteiger partial charge in [0.1, 0.15) is 0 Å². The van der Waals surface area contributed by atoms with Crippen molar-refractivity contribution in [1.29, 1.82) is 0 Å². The van der Waals surface area contributed by atoms with Gasteiger partial charge in [-0.3, -0.25) is 0 Å². The van der Waals surface area contributed by atoms with Crippen LogP contribution in [0.25, 0.3) is 0 Å². The number of rotatable bonds is 3. The average molecular weight is 191 g/mol. The first kappa shape index (κ1) is 9.69. The fourth-order valence-electron chi connectivity index (χ4n) is 2.21. The molecule has 0 amide bonds. The Morgan fingerprint density at radius 1 is 1.50 bits per heavy atom. The van der Waals surface area contributed by atoms with Crippen molar-refractivity contribution in [3.8, 4) is 0 Å². The largest absolute Gasteiger partial charge is 0.380 e. The van der Waals surface area contributed by atoms with Crippen LogP contribution < -0.4 is 5.32 Å². The highest BCUT2D eigenvalue weighted by molar-refractivity contribution is 5.37. The Hall–Kier alpha value is -0.860. The van der Waals surface area contributed by atoms with Gasteiger partial charge in [-0.15, -0.1) is 0 Å². The molecule has 2 nitrogen and oxygen atoms in total. The molecule has 0 saturated carbocycles. The molecule has 1 aliphatic rings. The lowest BCUT2D eigenvalue weighted by Gasteiger charge is -2.11. The molecule has 0 heterocycles. The van der Waals surface area contributed by atoms with E-state index in [0.717, 1.165) is 0 Å². The molecule has 0 radical (unpaired) electrons. The number of nitrogens with one attached hydrogen (secondary N) is 1. The predicted octanol–water partition coefficient (Wildman–Crippen LogP) is 2.04. The summed E-state index contributed by atoms with van der Waals surface area (Å²) in [5.41, 5.74) is 4.22. The molecule has 0 fully saturated rings. The fourth-order valence-corrected chi connectivity index (χ4v) is 2.21. The van der Waals surface area contributed by atoms with Crippen molar-refractivity contribution < 1.29 is 4.74 Å². The summed E-state index contributed by atoms with van der Waals surface area (Å²) < 4.78 is 5.14. The van der Waals surface area contributed by atoms with E-state index in [1.54, 1.807) is 7.11 Å². The standard InChI is InChI=1S/C12H17NO/c1-13-12-6-5-10-4-3-9(8-14-2)7-11(10)12/h3-4,7,12-13H,5-6,8H2,1-2H3. The topological polar surface area (TPSA) is 21.3 Å². The molecule has 76 valence electrons. The average Bonchev–Trinajstić information content (AvgIpc) is 2.60. The highest BCUT2D eigenvalue weighted by Gasteiger charge is 2.20. The summed E-state index contributed by atoms with van der Waals surface area (Å²) in [7, 11) is 3.77. The van der Waals surface area contributed by atoms with E-state index in [1.165, 1.54) is 29.5 Å². The summed E-state index contributed by atoms with van der Waals surface area (Å²) in [6, 6.07) is 7.22. The van der Waals surface area contributed by atoms with Gasteiger partial charge < -0.3 is 10.1 Å². The highest BCUT2D eigenvalue weighted by Crippen LogP contribution is 2.31. The number of aryl methyl sites for hydroxylation is 1. The van der Waals surface area contributed by atoms with Crippen LogP contribution in [0.15, 0.2) is 18.2 Å². The predicted molar refractivity (Wildman–Crippen MR) is 57.3 cm³/mol. The second kappa shape index (κ2) is 4.11. The highest BCUT2D eigenvalue weighted by atomic mass is 16.5. The molecule has 0 aliphatic heterocycles. The minimum absolute atomic E-state index is 0.543. The Kier molecular flexibility index (Phi) is 2.85. The van der Waals surface area contributed by atoms with Crippen molar-refractivity contribution in [3.05, 3.63) is 34.9 Å². The normalized spacial score (nSPS) is 19.7. The number of benzene rings is 1. The van der Waals surface area contributed by atoms with Gasteiger partial charge in [0.15, 0.2) is 0 Å². The first-order chi connectivity index (χ1) is 6.85. The fraction of sp³-hybridized carbons (Fsp3) is 0.500. The molecule has 2 rings (SSSR count). The zero-order valence-corrected chi connectivity index (χ0v) is 8.84. The molecule has 1 atom stereocenters. The van der Waals surface area contributed by atoms with Crippen LogP contribution in [0.3, 0.4) is 0 Å². The molecule has 14 heavy (non-hydrogen) atoms. The van der Waals surface area contributed by atoms with E-state index in [-0.39, 0.29) is 0 Å². The van der Waals surface area contributed by atoms with E-state index in [4.69, 9.17) is 4.74 Å². The SMILES string of the molecule is CNC1CCc2ccc(COC)cc21. The van der Waals surface area contributed by atoms with Crippen LogP contribution in [0.1, 0.15) is 29.2 Å². The molecule has 1 aliphatic carbocycles. The second-order valence-corrected chi connectivity index (χ2v) is 3.85. The summed E-state index contributed by atoms with van der Waals surface area (Å²) in [5, 5.41) is 3.35. The smallest absolute Gasteiger partial charge is 0.0713 e. The Morgan fingerprint density at radius 3 is 3.07 bits per heavy atom. The summed E-state index contributed by atoms with van der Waals surface area (Å²) >= 11 is 0. The molecule has 1 aromatic carbocycles. The third kappa shape index (κ3) is 1.68. The van der Waals surface area contributed by atoms with Crippen LogP contribution in [0.5, 0.6) is 0 Å². The Morgan fingerprint density at radius 2 is 2.36 bits per heavy atom. The van der Waals surface area contributed by atoms with Crippen LogP contribution in [-0.4, -0.2) is 14.2 Å². The Balaban J connectivity index is 2.28. The van der Waals surface area contributed by atoms with Gasteiger partial charge in [-0.05, 0) is 36.6 Å². The maximum atomic E-state index is 5.14. The summed E-state index contributed by atoms with van der Waals surface area (Å²) in [6.45, 7) is 0.712. The van der Waals surface area contributed by atoms with Crippen LogP contribution in [-0.2, 0) is 17.8 Å². The molecular formula is C12H17NO. The van der Waals surface area contributed by atoms with Crippen LogP contribution >= 0.6 is 0 Å². The monoisotopic (exact) mass is 191 g/mol. The molecular weight excluding hydrogens is 174 g/mol. The van der Waals surface area contributed by atoms with Crippen molar-refractivity contribution in [2.75, 3.05) is 14.2 Å². The molecule has 1 N–H and O–H groups in total. The number of fused-ring (bicyclic) bond motifs is 1. The van der Waals surface area contributed by atoms with E-state index in [9.17, 15) is 0 Å². The number of ether oxygens (including phenoxy) is 1. The van der Waals surface area contributed by atoms with Gasteiger partial charge >= 0.3 is 0 Å². The third-order valence-corrected chi connectivity index (χ3v) is 2.95. The lowest BCUT2D eigenvalue weighted by atomic mass is 10.0. The van der Waals surface area contributed by atoms with E-state index >= 15 is 0 Å². The number of hydrogen-bond donors (Lipinski definition) is 1. The van der Waals surface area contributed by atoms with Gasteiger partial charge in [-0.1, -0.05) is 18.2 Å². The molecule has 0 bridgehead atoms. The Bertz CT molecular complexity index is 322.